The molecule has 0 fully saturated rings. The SMILES string of the molecule is Cn1nc(-c2cnc(Cl)n2C)c(F)c1N. The lowest BCUT2D eigenvalue weighted by atomic mass is 10.3. The second-order valence-electron chi connectivity index (χ2n) is 3.14. The van der Waals surface area contributed by atoms with E-state index in [0.717, 1.165) is 0 Å². The van der Waals surface area contributed by atoms with Crippen LogP contribution in [0.1, 0.15) is 0 Å². The molecule has 0 unspecified atom stereocenters. The van der Waals surface area contributed by atoms with Gasteiger partial charge in [0.15, 0.2) is 11.6 Å². The maximum absolute atomic E-state index is 13.6. The van der Waals surface area contributed by atoms with Crippen LogP contribution in [-0.4, -0.2) is 19.3 Å². The van der Waals surface area contributed by atoms with E-state index in [1.54, 1.807) is 14.1 Å². The van der Waals surface area contributed by atoms with Gasteiger partial charge in [0.2, 0.25) is 5.28 Å². The monoisotopic (exact) mass is 229 g/mol. The summed E-state index contributed by atoms with van der Waals surface area (Å²) in [4.78, 5) is 3.84. The Bertz CT molecular complexity index is 515. The van der Waals surface area contributed by atoms with Gasteiger partial charge in [0.1, 0.15) is 5.69 Å². The first-order valence-corrected chi connectivity index (χ1v) is 4.55. The zero-order chi connectivity index (χ0) is 11.2. The van der Waals surface area contributed by atoms with Crippen LogP contribution < -0.4 is 5.73 Å². The Kier molecular flexibility index (Phi) is 2.15. The first-order chi connectivity index (χ1) is 7.02. The molecule has 2 aromatic heterocycles. The molecule has 80 valence electrons. The van der Waals surface area contributed by atoms with Crippen molar-refractivity contribution >= 4 is 17.4 Å². The molecule has 0 amide bonds. The number of hydrogen-bond acceptors (Lipinski definition) is 3. The summed E-state index contributed by atoms with van der Waals surface area (Å²) in [6.45, 7) is 0. The molecule has 15 heavy (non-hydrogen) atoms. The molecule has 0 radical (unpaired) electrons. The van der Waals surface area contributed by atoms with Crippen molar-refractivity contribution in [3.05, 3.63) is 17.3 Å². The van der Waals surface area contributed by atoms with Gasteiger partial charge in [-0.25, -0.2) is 14.1 Å². The highest BCUT2D eigenvalue weighted by atomic mass is 35.5. The number of aryl methyl sites for hydroxylation is 1. The molecule has 0 aliphatic rings. The summed E-state index contributed by atoms with van der Waals surface area (Å²) in [6.07, 6.45) is 1.45. The number of halogens is 2. The number of hydrogen-bond donors (Lipinski definition) is 1. The average Bonchev–Trinajstić information content (AvgIpc) is 2.64. The van der Waals surface area contributed by atoms with E-state index >= 15 is 0 Å². The summed E-state index contributed by atoms with van der Waals surface area (Å²) >= 11 is 5.74. The average molecular weight is 230 g/mol. The van der Waals surface area contributed by atoms with Crippen molar-refractivity contribution in [2.45, 2.75) is 0 Å². The summed E-state index contributed by atoms with van der Waals surface area (Å²) in [7, 11) is 3.24. The van der Waals surface area contributed by atoms with E-state index in [1.807, 2.05) is 0 Å². The van der Waals surface area contributed by atoms with Crippen LogP contribution in [0.15, 0.2) is 6.20 Å². The van der Waals surface area contributed by atoms with Crippen molar-refractivity contribution in [2.75, 3.05) is 5.73 Å². The highest BCUT2D eigenvalue weighted by Gasteiger charge is 2.18. The van der Waals surface area contributed by atoms with Gasteiger partial charge in [0.25, 0.3) is 0 Å². The van der Waals surface area contributed by atoms with E-state index in [1.165, 1.54) is 15.4 Å². The van der Waals surface area contributed by atoms with E-state index in [9.17, 15) is 4.39 Å². The maximum Gasteiger partial charge on any atom is 0.202 e. The molecule has 0 atom stereocenters. The third kappa shape index (κ3) is 1.37. The predicted molar refractivity (Wildman–Crippen MR) is 54.8 cm³/mol. The molecule has 7 heteroatoms. The van der Waals surface area contributed by atoms with Crippen molar-refractivity contribution in [2.24, 2.45) is 14.1 Å². The zero-order valence-electron chi connectivity index (χ0n) is 8.20. The second-order valence-corrected chi connectivity index (χ2v) is 3.48. The number of nitrogen functional groups attached to an aromatic ring is 1. The van der Waals surface area contributed by atoms with Crippen molar-refractivity contribution in [1.82, 2.24) is 19.3 Å². The summed E-state index contributed by atoms with van der Waals surface area (Å²) < 4.78 is 16.4. The molecule has 2 N–H and O–H groups in total. The summed E-state index contributed by atoms with van der Waals surface area (Å²) in [6, 6.07) is 0. The third-order valence-electron chi connectivity index (χ3n) is 2.21. The van der Waals surface area contributed by atoms with Gasteiger partial charge in [-0.1, -0.05) is 0 Å². The topological polar surface area (TPSA) is 61.7 Å². The lowest BCUT2D eigenvalue weighted by Crippen LogP contribution is -1.98. The predicted octanol–water partition coefficient (Wildman–Crippen LogP) is 1.20. The Morgan fingerprint density at radius 3 is 2.53 bits per heavy atom. The Hall–Kier alpha value is -1.56. The molecule has 0 aliphatic heterocycles. The molecule has 0 aliphatic carbocycles. The fourth-order valence-electron chi connectivity index (χ4n) is 1.28. The van der Waals surface area contributed by atoms with E-state index in [-0.39, 0.29) is 16.8 Å². The molecule has 0 aromatic carbocycles. The lowest BCUT2D eigenvalue weighted by Gasteiger charge is -1.98. The third-order valence-corrected chi connectivity index (χ3v) is 2.56. The highest BCUT2D eigenvalue weighted by molar-refractivity contribution is 6.28. The first kappa shape index (κ1) is 9.97. The molecular weight excluding hydrogens is 221 g/mol. The summed E-state index contributed by atoms with van der Waals surface area (Å²) in [5.74, 6) is -0.570. The number of anilines is 1. The first-order valence-electron chi connectivity index (χ1n) is 4.18. The number of aromatic nitrogens is 4. The van der Waals surface area contributed by atoms with Crippen molar-refractivity contribution in [3.63, 3.8) is 0 Å². The lowest BCUT2D eigenvalue weighted by molar-refractivity contribution is 0.632. The van der Waals surface area contributed by atoms with Gasteiger partial charge >= 0.3 is 0 Å². The number of nitrogens with zero attached hydrogens (tertiary/aromatic N) is 4. The minimum atomic E-state index is -0.558. The maximum atomic E-state index is 13.6. The Labute approximate surface area is 90.3 Å². The molecular formula is C8H9ClFN5. The van der Waals surface area contributed by atoms with Gasteiger partial charge in [0, 0.05) is 14.1 Å². The Morgan fingerprint density at radius 2 is 2.13 bits per heavy atom. The van der Waals surface area contributed by atoms with Crippen LogP contribution in [0.5, 0.6) is 0 Å². The molecule has 0 spiro atoms. The van der Waals surface area contributed by atoms with Crippen molar-refractivity contribution < 1.29 is 4.39 Å². The number of imidazole rings is 1. The summed E-state index contributed by atoms with van der Waals surface area (Å²) in [5, 5.41) is 4.22. The molecule has 2 rings (SSSR count). The zero-order valence-corrected chi connectivity index (χ0v) is 8.96. The number of nitrogens with two attached hydrogens (primary N) is 1. The van der Waals surface area contributed by atoms with Gasteiger partial charge < -0.3 is 10.3 Å². The van der Waals surface area contributed by atoms with Crippen LogP contribution >= 0.6 is 11.6 Å². The fourth-order valence-corrected chi connectivity index (χ4v) is 1.42. The largest absolute Gasteiger partial charge is 0.381 e. The van der Waals surface area contributed by atoms with Crippen LogP contribution in [0.4, 0.5) is 10.2 Å². The molecule has 0 bridgehead atoms. The Morgan fingerprint density at radius 1 is 1.47 bits per heavy atom. The van der Waals surface area contributed by atoms with Crippen LogP contribution in [-0.2, 0) is 14.1 Å². The molecule has 5 nitrogen and oxygen atoms in total. The Balaban J connectivity index is 2.64. The van der Waals surface area contributed by atoms with E-state index in [2.05, 4.69) is 10.1 Å². The molecule has 2 heterocycles. The normalized spacial score (nSPS) is 10.9. The van der Waals surface area contributed by atoms with Gasteiger partial charge in [-0.3, -0.25) is 0 Å². The number of rotatable bonds is 1. The van der Waals surface area contributed by atoms with Crippen molar-refractivity contribution in [1.29, 1.82) is 0 Å². The highest BCUT2D eigenvalue weighted by Crippen LogP contribution is 2.26. The summed E-state index contributed by atoms with van der Waals surface area (Å²) in [5.41, 5.74) is 6.10. The van der Waals surface area contributed by atoms with Gasteiger partial charge in [0.05, 0.1) is 11.9 Å². The van der Waals surface area contributed by atoms with Crippen LogP contribution in [0.3, 0.4) is 0 Å². The fraction of sp³-hybridized carbons (Fsp3) is 0.250. The molecule has 2 aromatic rings. The van der Waals surface area contributed by atoms with E-state index in [0.29, 0.717) is 5.69 Å². The molecule has 0 saturated carbocycles. The van der Waals surface area contributed by atoms with Gasteiger partial charge in [-0.15, -0.1) is 0 Å². The van der Waals surface area contributed by atoms with E-state index in [4.69, 9.17) is 17.3 Å². The smallest absolute Gasteiger partial charge is 0.202 e. The van der Waals surface area contributed by atoms with Gasteiger partial charge in [-0.2, -0.15) is 5.10 Å². The van der Waals surface area contributed by atoms with Gasteiger partial charge in [-0.05, 0) is 11.6 Å². The molecule has 0 saturated heterocycles. The minimum Gasteiger partial charge on any atom is -0.381 e. The van der Waals surface area contributed by atoms with E-state index < -0.39 is 5.82 Å². The quantitative estimate of drug-likeness (QED) is 0.799. The minimum absolute atomic E-state index is 0.0117. The van der Waals surface area contributed by atoms with Crippen LogP contribution in [0.25, 0.3) is 11.4 Å². The van der Waals surface area contributed by atoms with Crippen LogP contribution in [0.2, 0.25) is 5.28 Å². The standard InChI is InChI=1S/C8H9ClFN5/c1-14-4(3-12-8(14)9)6-5(10)7(11)15(2)13-6/h3H,11H2,1-2H3. The van der Waals surface area contributed by atoms with Crippen LogP contribution in [0, 0.1) is 5.82 Å². The second kappa shape index (κ2) is 3.23. The van der Waals surface area contributed by atoms with Crippen molar-refractivity contribution in [3.8, 4) is 11.4 Å².